The molecule has 0 saturated carbocycles. The van der Waals surface area contributed by atoms with Crippen LogP contribution in [0.2, 0.25) is 0 Å². The number of benzene rings is 2. The Kier molecular flexibility index (Phi) is 3.06. The first kappa shape index (κ1) is 11.3. The van der Waals surface area contributed by atoms with Crippen molar-refractivity contribution in [3.63, 3.8) is 0 Å². The molecule has 1 N–H and O–H groups in total. The molecule has 1 unspecified atom stereocenters. The molecule has 1 atom stereocenters. The van der Waals surface area contributed by atoms with Gasteiger partial charge in [-0.1, -0.05) is 31.2 Å². The summed E-state index contributed by atoms with van der Waals surface area (Å²) in [5, 5.41) is 11.8. The van der Waals surface area contributed by atoms with Gasteiger partial charge in [0.2, 0.25) is 0 Å². The van der Waals surface area contributed by atoms with Gasteiger partial charge in [-0.15, -0.1) is 11.6 Å². The third-order valence-electron chi connectivity index (χ3n) is 2.94. The molecule has 2 rings (SSSR count). The monoisotopic (exact) mass is 234 g/mol. The number of phenols is 1. The van der Waals surface area contributed by atoms with E-state index in [-0.39, 0.29) is 5.38 Å². The summed E-state index contributed by atoms with van der Waals surface area (Å²) >= 11 is 6.35. The minimum atomic E-state index is 0.00509. The molecule has 0 radical (unpaired) electrons. The van der Waals surface area contributed by atoms with Gasteiger partial charge in [0, 0.05) is 5.39 Å². The lowest BCUT2D eigenvalue weighted by Gasteiger charge is -2.15. The van der Waals surface area contributed by atoms with Crippen molar-refractivity contribution in [3.8, 4) is 5.75 Å². The Labute approximate surface area is 101 Å². The van der Waals surface area contributed by atoms with Crippen LogP contribution >= 0.6 is 11.6 Å². The van der Waals surface area contributed by atoms with E-state index < -0.39 is 0 Å². The van der Waals surface area contributed by atoms with Gasteiger partial charge in [-0.25, -0.2) is 0 Å². The Bertz CT molecular complexity index is 519. The maximum atomic E-state index is 9.89. The summed E-state index contributed by atoms with van der Waals surface area (Å²) in [6.07, 6.45) is 0.886. The first-order valence-corrected chi connectivity index (χ1v) is 5.94. The van der Waals surface area contributed by atoms with Gasteiger partial charge in [0.1, 0.15) is 5.75 Å². The highest BCUT2D eigenvalue weighted by molar-refractivity contribution is 6.22. The van der Waals surface area contributed by atoms with Crippen molar-refractivity contribution in [2.24, 2.45) is 0 Å². The van der Waals surface area contributed by atoms with Crippen molar-refractivity contribution < 1.29 is 5.11 Å². The number of phenolic OH excluding ortho intramolecular Hbond substituents is 1. The van der Waals surface area contributed by atoms with Gasteiger partial charge in [-0.2, -0.15) is 0 Å². The molecule has 16 heavy (non-hydrogen) atoms. The minimum absolute atomic E-state index is 0.00509. The van der Waals surface area contributed by atoms with E-state index in [1.807, 2.05) is 31.2 Å². The molecule has 1 nitrogen and oxygen atoms in total. The number of hydrogen-bond acceptors (Lipinski definition) is 1. The zero-order valence-electron chi connectivity index (χ0n) is 9.50. The highest BCUT2D eigenvalue weighted by atomic mass is 35.5. The average molecular weight is 235 g/mol. The van der Waals surface area contributed by atoms with Crippen molar-refractivity contribution in [2.45, 2.75) is 25.6 Å². The van der Waals surface area contributed by atoms with Gasteiger partial charge in [-0.05, 0) is 35.9 Å². The molecule has 0 fully saturated rings. The lowest BCUT2D eigenvalue weighted by molar-refractivity contribution is 0.481. The Morgan fingerprint density at radius 3 is 2.50 bits per heavy atom. The molecular weight excluding hydrogens is 220 g/mol. The molecule has 0 aliphatic rings. The molecule has 0 heterocycles. The lowest BCUT2D eigenvalue weighted by atomic mass is 9.95. The fourth-order valence-electron chi connectivity index (χ4n) is 2.13. The van der Waals surface area contributed by atoms with E-state index in [9.17, 15) is 5.11 Å². The maximum absolute atomic E-state index is 9.89. The SMILES string of the molecule is CCC(Cl)c1c(C)cc(O)c2ccccc12. The van der Waals surface area contributed by atoms with Gasteiger partial charge < -0.3 is 5.11 Å². The molecule has 0 saturated heterocycles. The quantitative estimate of drug-likeness (QED) is 0.757. The highest BCUT2D eigenvalue weighted by Crippen LogP contribution is 2.37. The van der Waals surface area contributed by atoms with Gasteiger partial charge in [0.25, 0.3) is 0 Å². The Balaban J connectivity index is 2.81. The number of alkyl halides is 1. The molecule has 84 valence electrons. The summed E-state index contributed by atoms with van der Waals surface area (Å²) in [6.45, 7) is 4.06. The molecule has 2 heteroatoms. The van der Waals surface area contributed by atoms with Crippen molar-refractivity contribution in [3.05, 3.63) is 41.5 Å². The van der Waals surface area contributed by atoms with Crippen LogP contribution in [0.3, 0.4) is 0 Å². The molecule has 0 aliphatic carbocycles. The number of fused-ring (bicyclic) bond motifs is 1. The van der Waals surface area contributed by atoms with Gasteiger partial charge >= 0.3 is 0 Å². The van der Waals surface area contributed by atoms with Crippen LogP contribution in [0.4, 0.5) is 0 Å². The van der Waals surface area contributed by atoms with Crippen LogP contribution in [-0.2, 0) is 0 Å². The summed E-state index contributed by atoms with van der Waals surface area (Å²) in [4.78, 5) is 0. The first-order chi connectivity index (χ1) is 7.65. The fraction of sp³-hybridized carbons (Fsp3) is 0.286. The van der Waals surface area contributed by atoms with E-state index >= 15 is 0 Å². The molecular formula is C14H15ClO. The molecule has 0 aromatic heterocycles. The summed E-state index contributed by atoms with van der Waals surface area (Å²) in [5.41, 5.74) is 2.19. The molecule has 0 bridgehead atoms. The van der Waals surface area contributed by atoms with E-state index in [4.69, 9.17) is 11.6 Å². The van der Waals surface area contributed by atoms with Crippen LogP contribution in [-0.4, -0.2) is 5.11 Å². The third-order valence-corrected chi connectivity index (χ3v) is 3.47. The molecule has 0 amide bonds. The second kappa shape index (κ2) is 4.34. The first-order valence-electron chi connectivity index (χ1n) is 5.50. The predicted molar refractivity (Wildman–Crippen MR) is 69.2 cm³/mol. The topological polar surface area (TPSA) is 20.2 Å². The fourth-order valence-corrected chi connectivity index (χ4v) is 2.42. The normalized spacial score (nSPS) is 12.9. The predicted octanol–water partition coefficient (Wildman–Crippen LogP) is 4.54. The smallest absolute Gasteiger partial charge is 0.123 e. The number of rotatable bonds is 2. The van der Waals surface area contributed by atoms with E-state index in [1.165, 1.54) is 0 Å². The van der Waals surface area contributed by atoms with Crippen molar-refractivity contribution in [1.29, 1.82) is 0 Å². The molecule has 2 aromatic carbocycles. The van der Waals surface area contributed by atoms with Crippen LogP contribution in [0.1, 0.15) is 29.8 Å². The maximum Gasteiger partial charge on any atom is 0.123 e. The summed E-state index contributed by atoms with van der Waals surface area (Å²) in [7, 11) is 0. The summed E-state index contributed by atoms with van der Waals surface area (Å²) < 4.78 is 0. The number of halogens is 1. The van der Waals surface area contributed by atoms with Crippen molar-refractivity contribution in [2.75, 3.05) is 0 Å². The highest BCUT2D eigenvalue weighted by Gasteiger charge is 2.14. The Morgan fingerprint density at radius 2 is 1.88 bits per heavy atom. The number of aromatic hydroxyl groups is 1. The summed E-state index contributed by atoms with van der Waals surface area (Å²) in [5.74, 6) is 0.330. The largest absolute Gasteiger partial charge is 0.507 e. The molecule has 0 spiro atoms. The van der Waals surface area contributed by atoms with E-state index in [1.54, 1.807) is 6.07 Å². The molecule has 2 aromatic rings. The van der Waals surface area contributed by atoms with Gasteiger partial charge in [0.15, 0.2) is 0 Å². The second-order valence-corrected chi connectivity index (χ2v) is 4.57. The van der Waals surface area contributed by atoms with Crippen molar-refractivity contribution in [1.82, 2.24) is 0 Å². The van der Waals surface area contributed by atoms with Gasteiger partial charge in [0.05, 0.1) is 5.38 Å². The average Bonchev–Trinajstić information content (AvgIpc) is 2.28. The van der Waals surface area contributed by atoms with Crippen LogP contribution in [0, 0.1) is 6.92 Å². The van der Waals surface area contributed by atoms with Crippen LogP contribution < -0.4 is 0 Å². The molecule has 0 aliphatic heterocycles. The Hall–Kier alpha value is -1.21. The Morgan fingerprint density at radius 1 is 1.25 bits per heavy atom. The zero-order valence-corrected chi connectivity index (χ0v) is 10.3. The standard InChI is InChI=1S/C14H15ClO/c1-3-12(15)14-9(2)8-13(16)10-6-4-5-7-11(10)14/h4-8,12,16H,3H2,1-2H3. The van der Waals surface area contributed by atoms with E-state index in [0.29, 0.717) is 5.75 Å². The van der Waals surface area contributed by atoms with Crippen molar-refractivity contribution >= 4 is 22.4 Å². The summed E-state index contributed by atoms with van der Waals surface area (Å²) in [6, 6.07) is 9.64. The van der Waals surface area contributed by atoms with Crippen LogP contribution in [0.5, 0.6) is 5.75 Å². The zero-order chi connectivity index (χ0) is 11.7. The van der Waals surface area contributed by atoms with E-state index in [0.717, 1.165) is 28.3 Å². The number of hydrogen-bond donors (Lipinski definition) is 1. The van der Waals surface area contributed by atoms with Gasteiger partial charge in [-0.3, -0.25) is 0 Å². The minimum Gasteiger partial charge on any atom is -0.507 e. The van der Waals surface area contributed by atoms with Crippen LogP contribution in [0.15, 0.2) is 30.3 Å². The number of aryl methyl sites for hydroxylation is 1. The van der Waals surface area contributed by atoms with Crippen LogP contribution in [0.25, 0.3) is 10.8 Å². The third kappa shape index (κ3) is 1.76. The second-order valence-electron chi connectivity index (χ2n) is 4.05. The lowest BCUT2D eigenvalue weighted by Crippen LogP contribution is -1.94. The van der Waals surface area contributed by atoms with E-state index in [2.05, 4.69) is 6.92 Å².